The Morgan fingerprint density at radius 3 is 3.06 bits per heavy atom. The number of anilines is 1. The minimum absolute atomic E-state index is 0.0295. The Morgan fingerprint density at radius 2 is 2.26 bits per heavy atom. The van der Waals surface area contributed by atoms with Crippen LogP contribution < -0.4 is 15.0 Å². The number of H-pyrrole nitrogens is 1. The lowest BCUT2D eigenvalue weighted by Gasteiger charge is -2.35. The number of nitrogens with zero attached hydrogens (tertiary/aromatic N) is 2. The van der Waals surface area contributed by atoms with Gasteiger partial charge >= 0.3 is 0 Å². The highest BCUT2D eigenvalue weighted by Crippen LogP contribution is 2.36. The van der Waals surface area contributed by atoms with E-state index in [2.05, 4.69) is 15.2 Å². The summed E-state index contributed by atoms with van der Waals surface area (Å²) in [4.78, 5) is 23.8. The molecule has 4 heterocycles. The van der Waals surface area contributed by atoms with E-state index in [0.717, 1.165) is 57.3 Å². The van der Waals surface area contributed by atoms with Crippen LogP contribution in [-0.4, -0.2) is 54.3 Å². The summed E-state index contributed by atoms with van der Waals surface area (Å²) < 4.78 is 11.3. The summed E-state index contributed by atoms with van der Waals surface area (Å²) in [7, 11) is 1.64. The number of hydrogen-bond donors (Lipinski definition) is 2. The van der Waals surface area contributed by atoms with Gasteiger partial charge in [-0.05, 0) is 31.9 Å². The van der Waals surface area contributed by atoms with Gasteiger partial charge in [-0.25, -0.2) is 4.98 Å². The second-order valence-corrected chi connectivity index (χ2v) is 10.2. The standard InChI is InChI=1S/C22H25ClN4O3S/c1-22(2)9-16-19(20(28)26-22)31-21(25-16)27-4-5-30-11-14(27)6-12-10-24-18-15(12)7-13(23)8-17(18)29-3/h7-8,10,14,24H,4-6,9,11H2,1-3H3,(H,26,28)/t14-/m0/s1. The van der Waals surface area contributed by atoms with Gasteiger partial charge in [0.1, 0.15) is 10.6 Å². The van der Waals surface area contributed by atoms with Crippen molar-refractivity contribution >= 4 is 44.9 Å². The Balaban J connectivity index is 1.46. The Kier molecular flexibility index (Phi) is 5.11. The molecule has 31 heavy (non-hydrogen) atoms. The quantitative estimate of drug-likeness (QED) is 0.619. The van der Waals surface area contributed by atoms with Crippen molar-refractivity contribution in [2.24, 2.45) is 0 Å². The summed E-state index contributed by atoms with van der Waals surface area (Å²) in [5.74, 6) is 0.699. The third-order valence-electron chi connectivity index (χ3n) is 5.91. The number of hydrogen-bond acceptors (Lipinski definition) is 6. The number of rotatable bonds is 4. The molecule has 0 bridgehead atoms. The normalized spacial score (nSPS) is 20.6. The molecule has 2 N–H and O–H groups in total. The number of aromatic nitrogens is 2. The molecule has 5 rings (SSSR count). The van der Waals surface area contributed by atoms with Gasteiger partial charge in [0.05, 0.1) is 37.6 Å². The fourth-order valence-corrected chi connectivity index (χ4v) is 5.75. The molecule has 0 saturated carbocycles. The number of aromatic amines is 1. The van der Waals surface area contributed by atoms with Crippen molar-refractivity contribution in [3.05, 3.63) is 39.5 Å². The zero-order valence-corrected chi connectivity index (χ0v) is 19.3. The molecule has 1 amide bonds. The first-order valence-electron chi connectivity index (χ1n) is 10.3. The van der Waals surface area contributed by atoms with Gasteiger partial charge in [0.2, 0.25) is 0 Å². The number of nitrogens with one attached hydrogen (secondary N) is 2. The van der Waals surface area contributed by atoms with E-state index in [4.69, 9.17) is 26.1 Å². The number of carbonyl (C=O) groups excluding carboxylic acids is 1. The number of ether oxygens (including phenoxy) is 2. The molecule has 164 valence electrons. The zero-order valence-electron chi connectivity index (χ0n) is 17.8. The molecule has 0 aliphatic carbocycles. The highest BCUT2D eigenvalue weighted by atomic mass is 35.5. The van der Waals surface area contributed by atoms with Gasteiger partial charge in [-0.3, -0.25) is 4.79 Å². The number of amides is 1. The molecular weight excluding hydrogens is 436 g/mol. The Morgan fingerprint density at radius 1 is 1.42 bits per heavy atom. The molecule has 2 aromatic heterocycles. The Bertz CT molecular complexity index is 1160. The van der Waals surface area contributed by atoms with Gasteiger partial charge < -0.3 is 24.7 Å². The molecule has 3 aromatic rings. The van der Waals surface area contributed by atoms with E-state index in [1.165, 1.54) is 11.3 Å². The number of thiazole rings is 1. The van der Waals surface area contributed by atoms with E-state index in [0.29, 0.717) is 18.2 Å². The van der Waals surface area contributed by atoms with Gasteiger partial charge in [-0.2, -0.15) is 0 Å². The van der Waals surface area contributed by atoms with Gasteiger partial charge in [0, 0.05) is 41.2 Å². The SMILES string of the molecule is COc1cc(Cl)cc2c(C[C@H]3COCCN3c3nc4c(s3)C(=O)NC(C)(C)C4)c[nH]c12. The Labute approximate surface area is 189 Å². The number of carbonyl (C=O) groups is 1. The van der Waals surface area contributed by atoms with E-state index >= 15 is 0 Å². The fraction of sp³-hybridized carbons (Fsp3) is 0.455. The first kappa shape index (κ1) is 20.6. The van der Waals surface area contributed by atoms with Crippen LogP contribution in [0, 0.1) is 0 Å². The number of benzene rings is 1. The van der Waals surface area contributed by atoms with Crippen LogP contribution in [-0.2, 0) is 17.6 Å². The second kappa shape index (κ2) is 7.69. The summed E-state index contributed by atoms with van der Waals surface area (Å²) >= 11 is 7.80. The minimum atomic E-state index is -0.276. The Hall–Kier alpha value is -2.29. The van der Waals surface area contributed by atoms with Crippen molar-refractivity contribution in [1.29, 1.82) is 0 Å². The molecule has 1 fully saturated rings. The van der Waals surface area contributed by atoms with Crippen molar-refractivity contribution in [2.45, 2.75) is 38.3 Å². The van der Waals surface area contributed by atoms with Crippen LogP contribution >= 0.6 is 22.9 Å². The van der Waals surface area contributed by atoms with E-state index in [-0.39, 0.29) is 17.5 Å². The molecule has 0 radical (unpaired) electrons. The van der Waals surface area contributed by atoms with Gasteiger partial charge in [0.15, 0.2) is 5.13 Å². The monoisotopic (exact) mass is 460 g/mol. The first-order chi connectivity index (χ1) is 14.8. The second-order valence-electron chi connectivity index (χ2n) is 8.76. The highest BCUT2D eigenvalue weighted by molar-refractivity contribution is 7.17. The van der Waals surface area contributed by atoms with E-state index in [1.807, 2.05) is 32.2 Å². The number of morpholine rings is 1. The maximum absolute atomic E-state index is 12.6. The minimum Gasteiger partial charge on any atom is -0.495 e. The van der Waals surface area contributed by atoms with Crippen molar-refractivity contribution in [2.75, 3.05) is 31.8 Å². The van der Waals surface area contributed by atoms with Gasteiger partial charge in [-0.15, -0.1) is 0 Å². The predicted molar refractivity (Wildman–Crippen MR) is 123 cm³/mol. The average Bonchev–Trinajstić information content (AvgIpc) is 3.31. The maximum atomic E-state index is 12.6. The highest BCUT2D eigenvalue weighted by Gasteiger charge is 2.35. The molecule has 1 atom stereocenters. The molecule has 2 aliphatic heterocycles. The van der Waals surface area contributed by atoms with E-state index in [9.17, 15) is 4.79 Å². The lowest BCUT2D eigenvalue weighted by molar-refractivity contribution is 0.0900. The van der Waals surface area contributed by atoms with E-state index in [1.54, 1.807) is 7.11 Å². The van der Waals surface area contributed by atoms with Gasteiger partial charge in [0.25, 0.3) is 5.91 Å². The number of methoxy groups -OCH3 is 1. The topological polar surface area (TPSA) is 79.5 Å². The third-order valence-corrected chi connectivity index (χ3v) is 7.26. The maximum Gasteiger partial charge on any atom is 0.263 e. The van der Waals surface area contributed by atoms with Crippen LogP contribution in [0.15, 0.2) is 18.3 Å². The third kappa shape index (κ3) is 3.77. The summed E-state index contributed by atoms with van der Waals surface area (Å²) in [5, 5.41) is 5.65. The molecule has 9 heteroatoms. The molecule has 7 nitrogen and oxygen atoms in total. The molecule has 1 saturated heterocycles. The van der Waals surface area contributed by atoms with Crippen LogP contribution in [0.2, 0.25) is 5.02 Å². The zero-order chi connectivity index (χ0) is 21.8. The van der Waals surface area contributed by atoms with Crippen molar-refractivity contribution in [3.8, 4) is 5.75 Å². The van der Waals surface area contributed by atoms with Crippen molar-refractivity contribution in [1.82, 2.24) is 15.3 Å². The van der Waals surface area contributed by atoms with Crippen LogP contribution in [0.4, 0.5) is 5.13 Å². The molecule has 1 aromatic carbocycles. The van der Waals surface area contributed by atoms with Gasteiger partial charge in [-0.1, -0.05) is 22.9 Å². The van der Waals surface area contributed by atoms with Crippen LogP contribution in [0.1, 0.15) is 34.8 Å². The van der Waals surface area contributed by atoms with E-state index < -0.39 is 0 Å². The largest absolute Gasteiger partial charge is 0.495 e. The average molecular weight is 461 g/mol. The lowest BCUT2D eigenvalue weighted by atomic mass is 9.94. The summed E-state index contributed by atoms with van der Waals surface area (Å²) in [6.45, 7) is 6.05. The fourth-order valence-electron chi connectivity index (χ4n) is 4.47. The predicted octanol–water partition coefficient (Wildman–Crippen LogP) is 3.80. The molecule has 0 unspecified atom stereocenters. The van der Waals surface area contributed by atoms with Crippen LogP contribution in [0.25, 0.3) is 10.9 Å². The van der Waals surface area contributed by atoms with Crippen LogP contribution in [0.3, 0.4) is 0 Å². The first-order valence-corrected chi connectivity index (χ1v) is 11.5. The summed E-state index contributed by atoms with van der Waals surface area (Å²) in [5.41, 5.74) is 2.70. The molecular formula is C22H25ClN4O3S. The molecule has 2 aliphatic rings. The smallest absolute Gasteiger partial charge is 0.263 e. The lowest BCUT2D eigenvalue weighted by Crippen LogP contribution is -2.48. The number of halogens is 1. The van der Waals surface area contributed by atoms with Crippen LogP contribution in [0.5, 0.6) is 5.75 Å². The van der Waals surface area contributed by atoms with Crippen molar-refractivity contribution < 1.29 is 14.3 Å². The molecule has 0 spiro atoms. The summed E-state index contributed by atoms with van der Waals surface area (Å²) in [6, 6.07) is 3.89. The van der Waals surface area contributed by atoms with Crippen molar-refractivity contribution in [3.63, 3.8) is 0 Å². The number of fused-ring (bicyclic) bond motifs is 2. The summed E-state index contributed by atoms with van der Waals surface area (Å²) in [6.07, 6.45) is 3.52.